The molecule has 0 aromatic heterocycles. The first-order chi connectivity index (χ1) is 12.2. The molecule has 0 heterocycles. The smallest absolute Gasteiger partial charge is 0.263 e. The van der Waals surface area contributed by atoms with Crippen LogP contribution in [0.15, 0.2) is 64.2 Å². The zero-order chi connectivity index (χ0) is 19.3. The van der Waals surface area contributed by atoms with E-state index in [1.54, 1.807) is 37.3 Å². The van der Waals surface area contributed by atoms with Gasteiger partial charge in [-0.1, -0.05) is 46.3 Å². The quantitative estimate of drug-likeness (QED) is 0.556. The third-order valence-corrected chi connectivity index (χ3v) is 5.47. The highest BCUT2D eigenvalue weighted by Crippen LogP contribution is 2.20. The monoisotopic (exact) mass is 437 g/mol. The van der Waals surface area contributed by atoms with E-state index in [-0.39, 0.29) is 0 Å². The summed E-state index contributed by atoms with van der Waals surface area (Å²) in [6, 6.07) is 15.0. The number of carbonyl (C=O) groups is 1. The molecule has 0 saturated heterocycles. The lowest BCUT2D eigenvalue weighted by atomic mass is 10.1. The number of carbonyl (C=O) groups excluding carboxylic acids is 1. The number of halogens is 1. The first-order valence-electron chi connectivity index (χ1n) is 7.84. The molecule has 0 bridgehead atoms. The fraction of sp³-hybridized carbons (Fsp3) is 0.222. The van der Waals surface area contributed by atoms with Gasteiger partial charge in [-0.2, -0.15) is 5.10 Å². The van der Waals surface area contributed by atoms with E-state index in [0.29, 0.717) is 11.4 Å². The van der Waals surface area contributed by atoms with Crippen LogP contribution in [0.3, 0.4) is 0 Å². The van der Waals surface area contributed by atoms with Gasteiger partial charge in [0.1, 0.15) is 6.04 Å². The van der Waals surface area contributed by atoms with Crippen molar-refractivity contribution in [1.29, 1.82) is 0 Å². The summed E-state index contributed by atoms with van der Waals surface area (Å²) < 4.78 is 26.4. The maximum absolute atomic E-state index is 12.5. The van der Waals surface area contributed by atoms with Gasteiger partial charge < -0.3 is 0 Å². The van der Waals surface area contributed by atoms with Crippen molar-refractivity contribution < 1.29 is 13.2 Å². The van der Waals surface area contributed by atoms with Crippen molar-refractivity contribution in [2.75, 3.05) is 10.6 Å². The molecule has 1 atom stereocenters. The standard InChI is InChI=1S/C18H20BrN3O3S/c1-13(15-9-11-16(19)12-10-15)20-21-18(23)14(2)22(26(3,24)25)17-7-5-4-6-8-17/h4-12,14H,1-3H3,(H,21,23)/b20-13-/t14-/m0/s1. The normalized spacial score (nSPS) is 13.2. The van der Waals surface area contributed by atoms with Crippen LogP contribution >= 0.6 is 15.9 Å². The van der Waals surface area contributed by atoms with Crippen LogP contribution in [-0.2, 0) is 14.8 Å². The Bertz CT molecular complexity index is 897. The van der Waals surface area contributed by atoms with Gasteiger partial charge in [0, 0.05) is 4.47 Å². The number of amides is 1. The van der Waals surface area contributed by atoms with Crippen molar-refractivity contribution >= 4 is 43.3 Å². The van der Waals surface area contributed by atoms with Crippen LogP contribution in [0.5, 0.6) is 0 Å². The van der Waals surface area contributed by atoms with E-state index in [2.05, 4.69) is 26.5 Å². The molecule has 0 radical (unpaired) electrons. The van der Waals surface area contributed by atoms with Crippen molar-refractivity contribution in [2.45, 2.75) is 19.9 Å². The van der Waals surface area contributed by atoms with E-state index in [0.717, 1.165) is 20.6 Å². The Morgan fingerprint density at radius 1 is 1.12 bits per heavy atom. The SMILES string of the molecule is C/C(=N/NC(=O)[C@H](C)N(c1ccccc1)S(C)(=O)=O)c1ccc(Br)cc1. The molecule has 0 aliphatic rings. The maximum atomic E-state index is 12.5. The molecule has 0 fully saturated rings. The third-order valence-electron chi connectivity index (χ3n) is 3.69. The molecule has 6 nitrogen and oxygen atoms in total. The van der Waals surface area contributed by atoms with Crippen LogP contribution in [0.2, 0.25) is 0 Å². The highest BCUT2D eigenvalue weighted by Gasteiger charge is 2.28. The van der Waals surface area contributed by atoms with Gasteiger partial charge >= 0.3 is 0 Å². The lowest BCUT2D eigenvalue weighted by Crippen LogP contribution is -2.46. The molecule has 26 heavy (non-hydrogen) atoms. The lowest BCUT2D eigenvalue weighted by Gasteiger charge is -2.27. The number of anilines is 1. The first kappa shape index (κ1) is 20.1. The minimum absolute atomic E-state index is 0.422. The summed E-state index contributed by atoms with van der Waals surface area (Å²) in [5.41, 5.74) is 4.34. The molecule has 8 heteroatoms. The molecule has 2 aromatic carbocycles. The van der Waals surface area contributed by atoms with E-state index >= 15 is 0 Å². The summed E-state index contributed by atoms with van der Waals surface area (Å²) >= 11 is 3.36. The molecular formula is C18H20BrN3O3S. The van der Waals surface area contributed by atoms with E-state index in [1.165, 1.54) is 6.92 Å². The Morgan fingerprint density at radius 3 is 2.23 bits per heavy atom. The number of para-hydroxylation sites is 1. The van der Waals surface area contributed by atoms with E-state index in [4.69, 9.17) is 0 Å². The zero-order valence-corrected chi connectivity index (χ0v) is 17.1. The molecule has 0 aliphatic carbocycles. The Kier molecular flexibility index (Phi) is 6.55. The van der Waals surface area contributed by atoms with Crippen LogP contribution in [0.4, 0.5) is 5.69 Å². The summed E-state index contributed by atoms with van der Waals surface area (Å²) in [5, 5.41) is 4.08. The first-order valence-corrected chi connectivity index (χ1v) is 10.5. The third kappa shape index (κ3) is 5.15. The van der Waals surface area contributed by atoms with Crippen LogP contribution in [-0.4, -0.2) is 32.3 Å². The minimum Gasteiger partial charge on any atom is -0.271 e. The Morgan fingerprint density at radius 2 is 1.69 bits per heavy atom. The molecule has 1 amide bonds. The molecule has 0 spiro atoms. The molecule has 2 rings (SSSR count). The summed E-state index contributed by atoms with van der Waals surface area (Å²) in [6.07, 6.45) is 1.07. The van der Waals surface area contributed by atoms with Crippen LogP contribution in [0.1, 0.15) is 19.4 Å². The summed E-state index contributed by atoms with van der Waals surface area (Å²) in [4.78, 5) is 12.5. The number of benzene rings is 2. The van der Waals surface area contributed by atoms with Crippen molar-refractivity contribution in [1.82, 2.24) is 5.43 Å². The van der Waals surface area contributed by atoms with Gasteiger partial charge in [0.15, 0.2) is 0 Å². The second kappa shape index (κ2) is 8.46. The second-order valence-corrected chi connectivity index (χ2v) is 8.53. The van der Waals surface area contributed by atoms with Crippen molar-refractivity contribution in [3.05, 3.63) is 64.6 Å². The molecule has 0 unspecified atom stereocenters. The predicted octanol–water partition coefficient (Wildman–Crippen LogP) is 3.14. The summed E-state index contributed by atoms with van der Waals surface area (Å²) in [7, 11) is -3.64. The maximum Gasteiger partial charge on any atom is 0.263 e. The highest BCUT2D eigenvalue weighted by molar-refractivity contribution is 9.10. The van der Waals surface area contributed by atoms with Crippen LogP contribution in [0.25, 0.3) is 0 Å². The molecule has 2 aromatic rings. The van der Waals surface area contributed by atoms with E-state index in [9.17, 15) is 13.2 Å². The van der Waals surface area contributed by atoms with Gasteiger partial charge in [0.2, 0.25) is 10.0 Å². The topological polar surface area (TPSA) is 78.8 Å². The Balaban J connectivity index is 2.19. The fourth-order valence-corrected chi connectivity index (χ4v) is 3.81. The van der Waals surface area contributed by atoms with Gasteiger partial charge in [-0.05, 0) is 43.7 Å². The number of nitrogens with zero attached hydrogens (tertiary/aromatic N) is 2. The van der Waals surface area contributed by atoms with Crippen molar-refractivity contribution in [3.8, 4) is 0 Å². The van der Waals surface area contributed by atoms with Gasteiger partial charge in [-0.15, -0.1) is 0 Å². The number of sulfonamides is 1. The molecule has 138 valence electrons. The van der Waals surface area contributed by atoms with Crippen molar-refractivity contribution in [2.24, 2.45) is 5.10 Å². The van der Waals surface area contributed by atoms with Gasteiger partial charge in [-0.3, -0.25) is 9.10 Å². The summed E-state index contributed by atoms with van der Waals surface area (Å²) in [5.74, 6) is -0.518. The number of rotatable bonds is 6. The molecule has 0 aliphatic heterocycles. The van der Waals surface area contributed by atoms with Gasteiger partial charge in [0.05, 0.1) is 17.7 Å². The molecule has 1 N–H and O–H groups in total. The highest BCUT2D eigenvalue weighted by atomic mass is 79.9. The number of hydrazone groups is 1. The lowest BCUT2D eigenvalue weighted by molar-refractivity contribution is -0.121. The number of hydrogen-bond donors (Lipinski definition) is 1. The van der Waals surface area contributed by atoms with Crippen LogP contribution in [0, 0.1) is 0 Å². The number of hydrogen-bond acceptors (Lipinski definition) is 4. The predicted molar refractivity (Wildman–Crippen MR) is 108 cm³/mol. The van der Waals surface area contributed by atoms with Gasteiger partial charge in [-0.25, -0.2) is 13.8 Å². The fourth-order valence-electron chi connectivity index (χ4n) is 2.37. The average molecular weight is 438 g/mol. The average Bonchev–Trinajstić information content (AvgIpc) is 2.59. The molecular weight excluding hydrogens is 418 g/mol. The molecule has 0 saturated carbocycles. The van der Waals surface area contributed by atoms with Gasteiger partial charge in [0.25, 0.3) is 5.91 Å². The van der Waals surface area contributed by atoms with E-state index in [1.807, 2.05) is 24.3 Å². The Labute approximate surface area is 162 Å². The van der Waals surface area contributed by atoms with Crippen LogP contribution < -0.4 is 9.73 Å². The largest absolute Gasteiger partial charge is 0.271 e. The zero-order valence-electron chi connectivity index (χ0n) is 14.7. The van der Waals surface area contributed by atoms with E-state index < -0.39 is 22.0 Å². The van der Waals surface area contributed by atoms with Crippen molar-refractivity contribution in [3.63, 3.8) is 0 Å². The Hall–Kier alpha value is -2.19. The number of nitrogens with one attached hydrogen (secondary N) is 1. The second-order valence-electron chi connectivity index (χ2n) is 5.75. The minimum atomic E-state index is -3.64. The summed E-state index contributed by atoms with van der Waals surface area (Å²) in [6.45, 7) is 3.29.